The molecule has 3 aliphatic heterocycles. The Hall–Kier alpha value is -3.19. The van der Waals surface area contributed by atoms with E-state index in [9.17, 15) is 9.90 Å². The van der Waals surface area contributed by atoms with Gasteiger partial charge in [-0.1, -0.05) is 12.5 Å². The number of rotatable bonds is 3. The minimum atomic E-state index is -0.0800. The Morgan fingerprint density at radius 3 is 2.56 bits per heavy atom. The molecule has 2 aromatic heterocycles. The second-order valence-corrected chi connectivity index (χ2v) is 10.1. The highest BCUT2D eigenvalue weighted by Gasteiger charge is 2.36. The van der Waals surface area contributed by atoms with Gasteiger partial charge in [0.25, 0.3) is 5.56 Å². The quantitative estimate of drug-likeness (QED) is 0.625. The van der Waals surface area contributed by atoms with Gasteiger partial charge in [-0.05, 0) is 79.5 Å². The minimum Gasteiger partial charge on any atom is -0.507 e. The van der Waals surface area contributed by atoms with Gasteiger partial charge in [-0.25, -0.2) is 0 Å². The monoisotopic (exact) mass is 457 g/mol. The average Bonchev–Trinajstić information content (AvgIpc) is 2.84. The van der Waals surface area contributed by atoms with Gasteiger partial charge in [0, 0.05) is 49.5 Å². The number of aromatic nitrogens is 3. The molecule has 2 N–H and O–H groups in total. The Balaban J connectivity index is 1.28. The number of hydrogen-bond acceptors (Lipinski definition) is 6. The molecule has 1 aromatic carbocycles. The number of piperidine rings is 2. The molecule has 0 spiro atoms. The molecule has 2 saturated heterocycles. The zero-order chi connectivity index (χ0) is 23.2. The molecule has 0 aliphatic carbocycles. The summed E-state index contributed by atoms with van der Waals surface area (Å²) in [6.45, 7) is 1.04. The third-order valence-electron chi connectivity index (χ3n) is 7.81. The van der Waals surface area contributed by atoms with Gasteiger partial charge >= 0.3 is 0 Å². The topological polar surface area (TPSA) is 83.3 Å². The number of pyridine rings is 1. The van der Waals surface area contributed by atoms with Gasteiger partial charge in [-0.15, -0.1) is 10.2 Å². The number of phenols is 1. The van der Waals surface area contributed by atoms with Crippen LogP contribution in [-0.4, -0.2) is 44.5 Å². The van der Waals surface area contributed by atoms with Crippen LogP contribution in [0.4, 0.5) is 5.82 Å². The lowest BCUT2D eigenvalue weighted by Gasteiger charge is -2.46. The molecule has 2 bridgehead atoms. The van der Waals surface area contributed by atoms with Crippen molar-refractivity contribution in [3.05, 3.63) is 58.5 Å². The summed E-state index contributed by atoms with van der Waals surface area (Å²) in [6.07, 6.45) is 10.1. The van der Waals surface area contributed by atoms with Gasteiger partial charge in [0.1, 0.15) is 5.75 Å². The fourth-order valence-electron chi connectivity index (χ4n) is 6.03. The fraction of sp³-hybridized carbons (Fsp3) is 0.444. The third kappa shape index (κ3) is 3.88. The Bertz CT molecular complexity index is 1270. The van der Waals surface area contributed by atoms with Crippen LogP contribution in [0, 0.1) is 0 Å². The molecule has 0 saturated carbocycles. The lowest BCUT2D eigenvalue weighted by Crippen LogP contribution is -2.55. The summed E-state index contributed by atoms with van der Waals surface area (Å²) in [5.41, 5.74) is 4.07. The third-order valence-corrected chi connectivity index (χ3v) is 7.81. The highest BCUT2D eigenvalue weighted by Crippen LogP contribution is 2.37. The number of aryl methyl sites for hydroxylation is 2. The fourth-order valence-corrected chi connectivity index (χ4v) is 6.03. The van der Waals surface area contributed by atoms with E-state index in [4.69, 9.17) is 0 Å². The highest BCUT2D eigenvalue weighted by molar-refractivity contribution is 5.75. The summed E-state index contributed by atoms with van der Waals surface area (Å²) in [5.74, 6) is 1.17. The van der Waals surface area contributed by atoms with Crippen molar-refractivity contribution < 1.29 is 5.11 Å². The molecule has 3 aromatic rings. The maximum absolute atomic E-state index is 12.0. The molecule has 34 heavy (non-hydrogen) atoms. The van der Waals surface area contributed by atoms with Gasteiger partial charge < -0.3 is 19.9 Å². The molecule has 7 nitrogen and oxygen atoms in total. The number of benzene rings is 1. The van der Waals surface area contributed by atoms with E-state index in [1.807, 2.05) is 18.2 Å². The number of nitrogens with one attached hydrogen (secondary N) is 1. The summed E-state index contributed by atoms with van der Waals surface area (Å²) < 4.78 is 1.53. The van der Waals surface area contributed by atoms with Crippen molar-refractivity contribution in [1.29, 1.82) is 0 Å². The number of hydrogen-bond donors (Lipinski definition) is 2. The lowest BCUT2D eigenvalue weighted by molar-refractivity contribution is 0.215. The van der Waals surface area contributed by atoms with Crippen LogP contribution >= 0.6 is 0 Å². The summed E-state index contributed by atoms with van der Waals surface area (Å²) in [7, 11) is 1.72. The van der Waals surface area contributed by atoms with Crippen molar-refractivity contribution >= 4 is 5.82 Å². The smallest absolute Gasteiger partial charge is 0.250 e. The molecular weight excluding hydrogens is 426 g/mol. The highest BCUT2D eigenvalue weighted by atomic mass is 16.3. The second kappa shape index (κ2) is 8.55. The van der Waals surface area contributed by atoms with Crippen LogP contribution in [0.15, 0.2) is 47.4 Å². The predicted molar refractivity (Wildman–Crippen MR) is 133 cm³/mol. The molecule has 5 heterocycles. The average molecular weight is 458 g/mol. The normalized spacial score (nSPS) is 24.0. The number of anilines is 1. The molecule has 7 heteroatoms. The predicted octanol–water partition coefficient (Wildman–Crippen LogP) is 3.64. The van der Waals surface area contributed by atoms with Crippen LogP contribution in [-0.2, 0) is 13.5 Å². The van der Waals surface area contributed by atoms with E-state index in [2.05, 4.69) is 26.5 Å². The standard InChI is InChI=1S/C27H31N5O2/c1-31-11-9-18(14-26(31)34)17-7-8-23(25(33)13-17)24-12-19-4-3-10-32(27(19)30-29-24)22-15-20-5-2-6-21(16-22)28-20/h7-9,11-14,20-22,28,33H,2-6,10,15-16H2,1H3/t20-,21-/m1/s1. The maximum Gasteiger partial charge on any atom is 0.250 e. The van der Waals surface area contributed by atoms with Gasteiger partial charge in [-0.3, -0.25) is 4.79 Å². The van der Waals surface area contributed by atoms with Gasteiger partial charge in [0.05, 0.1) is 5.69 Å². The first-order valence-corrected chi connectivity index (χ1v) is 12.4. The second-order valence-electron chi connectivity index (χ2n) is 10.1. The van der Waals surface area contributed by atoms with Crippen molar-refractivity contribution in [3.8, 4) is 28.1 Å². The van der Waals surface area contributed by atoms with Crippen LogP contribution in [0.5, 0.6) is 5.75 Å². The molecule has 2 atom stereocenters. The van der Waals surface area contributed by atoms with E-state index in [-0.39, 0.29) is 11.3 Å². The first-order valence-electron chi connectivity index (χ1n) is 12.4. The Kier molecular flexibility index (Phi) is 5.37. The Morgan fingerprint density at radius 2 is 1.79 bits per heavy atom. The molecule has 176 valence electrons. The number of nitrogens with zero attached hydrogens (tertiary/aromatic N) is 4. The summed E-state index contributed by atoms with van der Waals surface area (Å²) in [4.78, 5) is 14.5. The van der Waals surface area contributed by atoms with Crippen LogP contribution in [0.3, 0.4) is 0 Å². The van der Waals surface area contributed by atoms with Crippen LogP contribution in [0.1, 0.15) is 44.1 Å². The summed E-state index contributed by atoms with van der Waals surface area (Å²) >= 11 is 0. The largest absolute Gasteiger partial charge is 0.507 e. The van der Waals surface area contributed by atoms with Crippen molar-refractivity contribution in [1.82, 2.24) is 20.1 Å². The molecule has 0 unspecified atom stereocenters. The van der Waals surface area contributed by atoms with Crippen LogP contribution in [0.25, 0.3) is 22.4 Å². The van der Waals surface area contributed by atoms with E-state index in [1.54, 1.807) is 25.4 Å². The zero-order valence-corrected chi connectivity index (χ0v) is 19.6. The first-order chi connectivity index (χ1) is 16.5. The molecule has 2 fully saturated rings. The number of fused-ring (bicyclic) bond motifs is 3. The minimum absolute atomic E-state index is 0.0800. The Morgan fingerprint density at radius 1 is 1.00 bits per heavy atom. The van der Waals surface area contributed by atoms with Crippen molar-refractivity contribution in [2.24, 2.45) is 7.05 Å². The van der Waals surface area contributed by atoms with E-state index in [1.165, 1.54) is 42.2 Å². The summed E-state index contributed by atoms with van der Waals surface area (Å²) in [5, 5.41) is 23.8. The molecular formula is C27H31N5O2. The van der Waals surface area contributed by atoms with E-state index >= 15 is 0 Å². The van der Waals surface area contributed by atoms with Gasteiger partial charge in [-0.2, -0.15) is 0 Å². The van der Waals surface area contributed by atoms with E-state index in [0.29, 0.717) is 29.4 Å². The molecule has 0 amide bonds. The molecule has 0 radical (unpaired) electrons. The van der Waals surface area contributed by atoms with E-state index in [0.717, 1.165) is 36.3 Å². The van der Waals surface area contributed by atoms with Gasteiger partial charge in [0.2, 0.25) is 0 Å². The SMILES string of the molecule is Cn1ccc(-c2ccc(-c3cc4c(nn3)N(C3C[C@H]5CCC[C@H](C3)N5)CCC4)c(O)c2)cc1=O. The van der Waals surface area contributed by atoms with Crippen LogP contribution in [0.2, 0.25) is 0 Å². The zero-order valence-electron chi connectivity index (χ0n) is 19.6. The number of phenolic OH excluding ortho intramolecular Hbond substituents is 1. The Labute approximate surface area is 199 Å². The maximum atomic E-state index is 12.0. The van der Waals surface area contributed by atoms with E-state index < -0.39 is 0 Å². The summed E-state index contributed by atoms with van der Waals surface area (Å²) in [6, 6.07) is 12.8. The first kappa shape index (κ1) is 21.4. The van der Waals surface area contributed by atoms with Gasteiger partial charge in [0.15, 0.2) is 5.82 Å². The number of aromatic hydroxyl groups is 1. The van der Waals surface area contributed by atoms with Crippen molar-refractivity contribution in [3.63, 3.8) is 0 Å². The van der Waals surface area contributed by atoms with Crippen molar-refractivity contribution in [2.45, 2.75) is 63.1 Å². The lowest BCUT2D eigenvalue weighted by atomic mass is 9.83. The van der Waals surface area contributed by atoms with Crippen LogP contribution < -0.4 is 15.8 Å². The van der Waals surface area contributed by atoms with Crippen molar-refractivity contribution in [2.75, 3.05) is 11.4 Å². The molecule has 3 aliphatic rings. The molecule has 6 rings (SSSR count).